The molecule has 0 bridgehead atoms. The summed E-state index contributed by atoms with van der Waals surface area (Å²) in [7, 11) is -3.40. The first-order valence-electron chi connectivity index (χ1n) is 8.17. The lowest BCUT2D eigenvalue weighted by Crippen LogP contribution is -2.14. The summed E-state index contributed by atoms with van der Waals surface area (Å²) in [6.45, 7) is 1.64. The fraction of sp³-hybridized carbons (Fsp3) is 0.211. The van der Waals surface area contributed by atoms with E-state index in [2.05, 4.69) is 5.10 Å². The number of hydrogen-bond donors (Lipinski definition) is 0. The molecule has 0 atom stereocenters. The molecular formula is C19H17F3N2O2S. The van der Waals surface area contributed by atoms with Crippen molar-refractivity contribution >= 4 is 9.84 Å². The van der Waals surface area contributed by atoms with Gasteiger partial charge in [0.25, 0.3) is 0 Å². The number of aryl methyl sites for hydroxylation is 1. The summed E-state index contributed by atoms with van der Waals surface area (Å²) < 4.78 is 65.6. The quantitative estimate of drug-likeness (QED) is 0.647. The maximum Gasteiger partial charge on any atom is 0.433 e. The minimum Gasteiger partial charge on any atom is -0.260 e. The lowest BCUT2D eigenvalue weighted by molar-refractivity contribution is -0.143. The van der Waals surface area contributed by atoms with Crippen molar-refractivity contribution < 1.29 is 21.6 Å². The molecule has 0 aliphatic rings. The Morgan fingerprint density at radius 2 is 1.56 bits per heavy atom. The Hall–Kier alpha value is -2.61. The number of hydrogen-bond acceptors (Lipinski definition) is 3. The molecule has 2 aromatic carbocycles. The second-order valence-corrected chi connectivity index (χ2v) is 8.06. The van der Waals surface area contributed by atoms with Crippen LogP contribution in [0.5, 0.6) is 0 Å². The first-order valence-corrected chi connectivity index (χ1v) is 10.1. The van der Waals surface area contributed by atoms with Gasteiger partial charge in [-0.05, 0) is 24.6 Å². The molecule has 0 saturated heterocycles. The summed E-state index contributed by atoms with van der Waals surface area (Å²) in [6, 6.07) is 13.9. The van der Waals surface area contributed by atoms with Crippen LogP contribution in [-0.4, -0.2) is 24.5 Å². The van der Waals surface area contributed by atoms with Crippen LogP contribution in [0.2, 0.25) is 0 Å². The van der Waals surface area contributed by atoms with Crippen molar-refractivity contribution in [1.29, 1.82) is 0 Å². The van der Waals surface area contributed by atoms with Gasteiger partial charge in [-0.2, -0.15) is 18.3 Å². The Balaban J connectivity index is 2.29. The van der Waals surface area contributed by atoms with E-state index in [0.29, 0.717) is 11.1 Å². The zero-order chi connectivity index (χ0) is 19.8. The lowest BCUT2D eigenvalue weighted by atomic mass is 9.98. The van der Waals surface area contributed by atoms with Crippen molar-refractivity contribution in [3.05, 3.63) is 60.3 Å². The zero-order valence-electron chi connectivity index (χ0n) is 14.7. The number of sulfone groups is 1. The molecule has 0 fully saturated rings. The smallest absolute Gasteiger partial charge is 0.260 e. The Labute approximate surface area is 155 Å². The fourth-order valence-electron chi connectivity index (χ4n) is 2.92. The van der Waals surface area contributed by atoms with E-state index in [1.165, 1.54) is 24.3 Å². The number of benzene rings is 2. The average Bonchev–Trinajstić information content (AvgIpc) is 3.02. The predicted octanol–water partition coefficient (Wildman–Crippen LogP) is 4.66. The van der Waals surface area contributed by atoms with Gasteiger partial charge in [0.05, 0.1) is 4.90 Å². The van der Waals surface area contributed by atoms with Crippen LogP contribution in [0.3, 0.4) is 0 Å². The summed E-state index contributed by atoms with van der Waals surface area (Å²) in [5.74, 6) is 0. The number of aromatic nitrogens is 2. The highest BCUT2D eigenvalue weighted by molar-refractivity contribution is 7.90. The number of alkyl halides is 3. The molecule has 27 heavy (non-hydrogen) atoms. The molecule has 1 heterocycles. The van der Waals surface area contributed by atoms with E-state index in [4.69, 9.17) is 0 Å². The van der Waals surface area contributed by atoms with Gasteiger partial charge < -0.3 is 0 Å². The molecular weight excluding hydrogens is 377 g/mol. The van der Waals surface area contributed by atoms with E-state index in [9.17, 15) is 21.6 Å². The standard InChI is InChI=1S/C19H17F3N2O2S/c1-3-24-18(19(20,21)22)16(13-7-5-4-6-8-13)17(23-24)14-9-11-15(12-10-14)27(2,25)26/h4-12H,3H2,1-2H3. The van der Waals surface area contributed by atoms with E-state index >= 15 is 0 Å². The third-order valence-corrected chi connectivity index (χ3v) is 5.27. The second kappa shape index (κ2) is 6.84. The Kier molecular flexibility index (Phi) is 4.86. The lowest BCUT2D eigenvalue weighted by Gasteiger charge is -2.12. The Bertz CT molecular complexity index is 1050. The van der Waals surface area contributed by atoms with Crippen molar-refractivity contribution in [2.75, 3.05) is 6.26 Å². The summed E-state index contributed by atoms with van der Waals surface area (Å²) in [4.78, 5) is 0.0958. The summed E-state index contributed by atoms with van der Waals surface area (Å²) in [6.07, 6.45) is -3.51. The zero-order valence-corrected chi connectivity index (χ0v) is 15.5. The second-order valence-electron chi connectivity index (χ2n) is 6.05. The number of halogens is 3. The predicted molar refractivity (Wildman–Crippen MR) is 96.9 cm³/mol. The highest BCUT2D eigenvalue weighted by Crippen LogP contribution is 2.42. The van der Waals surface area contributed by atoms with Crippen molar-refractivity contribution in [1.82, 2.24) is 9.78 Å². The van der Waals surface area contributed by atoms with Crippen LogP contribution in [0.15, 0.2) is 59.5 Å². The molecule has 3 aromatic rings. The van der Waals surface area contributed by atoms with Gasteiger partial charge in [0, 0.05) is 23.9 Å². The van der Waals surface area contributed by atoms with Crippen LogP contribution in [0.4, 0.5) is 13.2 Å². The monoisotopic (exact) mass is 394 g/mol. The third kappa shape index (κ3) is 3.75. The van der Waals surface area contributed by atoms with Crippen LogP contribution in [-0.2, 0) is 22.6 Å². The van der Waals surface area contributed by atoms with Crippen molar-refractivity contribution in [2.24, 2.45) is 0 Å². The van der Waals surface area contributed by atoms with Gasteiger partial charge in [-0.3, -0.25) is 4.68 Å². The molecule has 1 aromatic heterocycles. The van der Waals surface area contributed by atoms with E-state index in [1.54, 1.807) is 37.3 Å². The molecule has 0 aliphatic carbocycles. The number of nitrogens with zero attached hydrogens (tertiary/aromatic N) is 2. The summed E-state index contributed by atoms with van der Waals surface area (Å²) in [5, 5.41) is 4.18. The van der Waals surface area contributed by atoms with Crippen molar-refractivity contribution in [2.45, 2.75) is 24.5 Å². The van der Waals surface area contributed by atoms with E-state index in [-0.39, 0.29) is 22.7 Å². The van der Waals surface area contributed by atoms with Crippen molar-refractivity contribution in [3.8, 4) is 22.4 Å². The Morgan fingerprint density at radius 1 is 0.963 bits per heavy atom. The largest absolute Gasteiger partial charge is 0.433 e. The molecule has 0 amide bonds. The molecule has 8 heteroatoms. The molecule has 0 spiro atoms. The third-order valence-electron chi connectivity index (χ3n) is 4.14. The molecule has 0 radical (unpaired) electrons. The van der Waals surface area contributed by atoms with Gasteiger partial charge in [-0.15, -0.1) is 0 Å². The van der Waals surface area contributed by atoms with Gasteiger partial charge in [0.1, 0.15) is 5.69 Å². The van der Waals surface area contributed by atoms with Gasteiger partial charge in [0.2, 0.25) is 0 Å². The van der Waals surface area contributed by atoms with Crippen LogP contribution in [0.1, 0.15) is 12.6 Å². The maximum atomic E-state index is 13.8. The Morgan fingerprint density at radius 3 is 2.04 bits per heavy atom. The van der Waals surface area contributed by atoms with E-state index in [0.717, 1.165) is 10.9 Å². The minimum atomic E-state index is -4.58. The van der Waals surface area contributed by atoms with Crippen LogP contribution in [0.25, 0.3) is 22.4 Å². The molecule has 0 saturated carbocycles. The fourth-order valence-corrected chi connectivity index (χ4v) is 3.55. The van der Waals surface area contributed by atoms with Crippen LogP contribution in [0, 0.1) is 0 Å². The van der Waals surface area contributed by atoms with E-state index in [1.807, 2.05) is 0 Å². The molecule has 0 aliphatic heterocycles. The molecule has 0 N–H and O–H groups in total. The molecule has 4 nitrogen and oxygen atoms in total. The SMILES string of the molecule is CCn1nc(-c2ccc(S(C)(=O)=O)cc2)c(-c2ccccc2)c1C(F)(F)F. The number of rotatable bonds is 4. The van der Waals surface area contributed by atoms with Crippen LogP contribution < -0.4 is 0 Å². The van der Waals surface area contributed by atoms with Crippen molar-refractivity contribution in [3.63, 3.8) is 0 Å². The first kappa shape index (κ1) is 19.2. The van der Waals surface area contributed by atoms with Gasteiger partial charge in [-0.25, -0.2) is 8.42 Å². The summed E-state index contributed by atoms with van der Waals surface area (Å²) >= 11 is 0. The normalized spacial score (nSPS) is 12.3. The topological polar surface area (TPSA) is 52.0 Å². The first-order chi connectivity index (χ1) is 12.6. The average molecular weight is 394 g/mol. The molecule has 142 valence electrons. The maximum absolute atomic E-state index is 13.8. The van der Waals surface area contributed by atoms with Gasteiger partial charge in [0.15, 0.2) is 15.5 Å². The van der Waals surface area contributed by atoms with Gasteiger partial charge >= 0.3 is 6.18 Å². The highest BCUT2D eigenvalue weighted by atomic mass is 32.2. The minimum absolute atomic E-state index is 0.0166. The summed E-state index contributed by atoms with van der Waals surface area (Å²) in [5.41, 5.74) is 0.136. The van der Waals surface area contributed by atoms with E-state index < -0.39 is 21.7 Å². The van der Waals surface area contributed by atoms with Crippen LogP contribution >= 0.6 is 0 Å². The molecule has 3 rings (SSSR count). The highest BCUT2D eigenvalue weighted by Gasteiger charge is 2.40. The molecule has 0 unspecified atom stereocenters. The van der Waals surface area contributed by atoms with Gasteiger partial charge in [-0.1, -0.05) is 42.5 Å².